The van der Waals surface area contributed by atoms with Crippen molar-refractivity contribution in [3.05, 3.63) is 89.6 Å². The zero-order valence-corrected chi connectivity index (χ0v) is 21.7. The van der Waals surface area contributed by atoms with Crippen molar-refractivity contribution in [1.82, 2.24) is 9.55 Å². The van der Waals surface area contributed by atoms with Crippen LogP contribution in [0.1, 0.15) is 66.7 Å². The number of carboxylic acids is 1. The van der Waals surface area contributed by atoms with Crippen molar-refractivity contribution in [3.8, 4) is 11.1 Å². The molecule has 6 heteroatoms. The highest BCUT2D eigenvalue weighted by Gasteiger charge is 2.54. The van der Waals surface area contributed by atoms with Crippen LogP contribution in [0.2, 0.25) is 0 Å². The summed E-state index contributed by atoms with van der Waals surface area (Å²) >= 11 is 0. The Morgan fingerprint density at radius 3 is 2.39 bits per heavy atom. The molecular weight excluding hydrogens is 479 g/mol. The Hall–Kier alpha value is -3.80. The van der Waals surface area contributed by atoms with Gasteiger partial charge in [-0.3, -0.25) is 14.6 Å². The molecule has 2 saturated carbocycles. The Morgan fingerprint density at radius 1 is 1.03 bits per heavy atom. The zero-order chi connectivity index (χ0) is 26.6. The van der Waals surface area contributed by atoms with Crippen molar-refractivity contribution in [1.29, 1.82) is 0 Å². The van der Waals surface area contributed by atoms with Gasteiger partial charge in [-0.05, 0) is 86.3 Å². The number of ketones is 1. The highest BCUT2D eigenvalue weighted by molar-refractivity contribution is 6.07. The number of rotatable bonds is 7. The van der Waals surface area contributed by atoms with Crippen molar-refractivity contribution in [2.75, 3.05) is 0 Å². The molecule has 0 radical (unpaired) electrons. The molecule has 6 rings (SSSR count). The smallest absolute Gasteiger partial charge is 0.306 e. The second-order valence-electron chi connectivity index (χ2n) is 11.4. The third-order valence-electron chi connectivity index (χ3n) is 8.80. The molecule has 2 aliphatic rings. The number of carbonyl (C=O) groups is 2. The maximum absolute atomic E-state index is 14.8. The SMILES string of the molecule is Cc1ccc(-c2ccc(C(C)n3ccc4c(F)ccc(C(=O)CC5CC6(C5)CC(C(=O)O)C6)c43)cc2)cn1. The molecule has 0 saturated heterocycles. The number of carboxylic acid groups (broad SMARTS) is 1. The predicted molar refractivity (Wildman–Crippen MR) is 145 cm³/mol. The average Bonchev–Trinajstić information content (AvgIpc) is 3.31. The maximum Gasteiger partial charge on any atom is 0.306 e. The molecule has 1 N–H and O–H groups in total. The van der Waals surface area contributed by atoms with E-state index in [9.17, 15) is 19.1 Å². The molecule has 0 aliphatic heterocycles. The number of halogens is 1. The van der Waals surface area contributed by atoms with E-state index in [0.717, 1.165) is 48.1 Å². The van der Waals surface area contributed by atoms with Crippen LogP contribution in [-0.4, -0.2) is 26.4 Å². The lowest BCUT2D eigenvalue weighted by Crippen LogP contribution is -2.50. The maximum atomic E-state index is 14.8. The third kappa shape index (κ3) is 4.22. The number of aryl methyl sites for hydroxylation is 1. The number of aliphatic carboxylic acids is 1. The van der Waals surface area contributed by atoms with Crippen molar-refractivity contribution in [2.24, 2.45) is 17.3 Å². The van der Waals surface area contributed by atoms with E-state index >= 15 is 0 Å². The van der Waals surface area contributed by atoms with Crippen molar-refractivity contribution < 1.29 is 19.1 Å². The quantitative estimate of drug-likeness (QED) is 0.266. The number of benzene rings is 2. The summed E-state index contributed by atoms with van der Waals surface area (Å²) in [7, 11) is 0. The lowest BCUT2D eigenvalue weighted by atomic mass is 9.47. The number of Topliss-reactive ketones (excluding diaryl/α,β-unsaturated/α-hetero) is 1. The normalized spacial score (nSPS) is 23.1. The van der Waals surface area contributed by atoms with Crippen LogP contribution >= 0.6 is 0 Å². The monoisotopic (exact) mass is 510 g/mol. The molecule has 2 heterocycles. The predicted octanol–water partition coefficient (Wildman–Crippen LogP) is 7.22. The molecule has 2 aromatic heterocycles. The Balaban J connectivity index is 1.22. The third-order valence-corrected chi connectivity index (χ3v) is 8.80. The first-order valence-corrected chi connectivity index (χ1v) is 13.3. The van der Waals surface area contributed by atoms with Crippen LogP contribution in [0, 0.1) is 30.0 Å². The van der Waals surface area contributed by atoms with Crippen LogP contribution in [-0.2, 0) is 4.79 Å². The van der Waals surface area contributed by atoms with E-state index in [4.69, 9.17) is 0 Å². The van der Waals surface area contributed by atoms with Gasteiger partial charge in [-0.2, -0.15) is 0 Å². The topological polar surface area (TPSA) is 72.2 Å². The standard InChI is InChI=1S/C32H31FN2O3/c1-19-3-4-24(18-34-19)23-7-5-22(6-8-23)20(2)35-12-11-26-28(33)10-9-27(30(26)35)29(36)13-21-14-32(15-21)16-25(17-32)31(37)38/h3-12,18,20-21,25H,13-17H2,1-2H3,(H,37,38). The first-order chi connectivity index (χ1) is 18.2. The molecule has 2 aromatic carbocycles. The number of carbonyl (C=O) groups excluding carboxylic acids is 1. The summed E-state index contributed by atoms with van der Waals surface area (Å²) in [5, 5.41) is 9.64. The summed E-state index contributed by atoms with van der Waals surface area (Å²) in [6, 6.07) is 17.0. The van der Waals surface area contributed by atoms with Gasteiger partial charge in [0, 0.05) is 41.0 Å². The summed E-state index contributed by atoms with van der Waals surface area (Å²) in [4.78, 5) is 29.0. The zero-order valence-electron chi connectivity index (χ0n) is 21.7. The molecule has 2 fully saturated rings. The molecular formula is C32H31FN2O3. The number of hydrogen-bond donors (Lipinski definition) is 1. The lowest BCUT2D eigenvalue weighted by Gasteiger charge is -2.56. The molecule has 0 amide bonds. The minimum atomic E-state index is -0.708. The first kappa shape index (κ1) is 24.5. The van der Waals surface area contributed by atoms with Gasteiger partial charge >= 0.3 is 5.97 Å². The van der Waals surface area contributed by atoms with Gasteiger partial charge < -0.3 is 9.67 Å². The van der Waals surface area contributed by atoms with Crippen LogP contribution in [0.4, 0.5) is 4.39 Å². The number of aromatic nitrogens is 2. The van der Waals surface area contributed by atoms with Gasteiger partial charge in [-0.1, -0.05) is 30.3 Å². The fourth-order valence-electron chi connectivity index (χ4n) is 6.73. The molecule has 0 bridgehead atoms. The molecule has 1 atom stereocenters. The van der Waals surface area contributed by atoms with Crippen LogP contribution in [0.3, 0.4) is 0 Å². The van der Waals surface area contributed by atoms with E-state index in [1.165, 1.54) is 6.07 Å². The van der Waals surface area contributed by atoms with Crippen LogP contribution in [0.25, 0.3) is 22.0 Å². The fraction of sp³-hybridized carbons (Fsp3) is 0.344. The molecule has 2 aliphatic carbocycles. The first-order valence-electron chi connectivity index (χ1n) is 13.3. The minimum absolute atomic E-state index is 0.0262. The molecule has 4 aromatic rings. The van der Waals surface area contributed by atoms with Gasteiger partial charge in [0.15, 0.2) is 5.78 Å². The summed E-state index contributed by atoms with van der Waals surface area (Å²) in [5.41, 5.74) is 5.48. The van der Waals surface area contributed by atoms with E-state index in [0.29, 0.717) is 22.9 Å². The van der Waals surface area contributed by atoms with Gasteiger partial charge in [0.2, 0.25) is 0 Å². The van der Waals surface area contributed by atoms with Gasteiger partial charge in [0.05, 0.1) is 17.5 Å². The molecule has 38 heavy (non-hydrogen) atoms. The van der Waals surface area contributed by atoms with E-state index < -0.39 is 5.97 Å². The Labute approximate surface area is 221 Å². The van der Waals surface area contributed by atoms with Crippen LogP contribution < -0.4 is 0 Å². The van der Waals surface area contributed by atoms with Crippen molar-refractivity contribution >= 4 is 22.7 Å². The number of nitrogens with zero attached hydrogens (tertiary/aromatic N) is 2. The number of hydrogen-bond acceptors (Lipinski definition) is 3. The van der Waals surface area contributed by atoms with Gasteiger partial charge in [-0.15, -0.1) is 0 Å². The van der Waals surface area contributed by atoms with E-state index in [2.05, 4.69) is 42.2 Å². The fourth-order valence-corrected chi connectivity index (χ4v) is 6.73. The highest BCUT2D eigenvalue weighted by Crippen LogP contribution is 2.62. The Morgan fingerprint density at radius 2 is 1.74 bits per heavy atom. The molecule has 5 nitrogen and oxygen atoms in total. The van der Waals surface area contributed by atoms with Gasteiger partial charge in [-0.25, -0.2) is 4.39 Å². The Bertz CT molecular complexity index is 1520. The molecule has 1 spiro atoms. The second kappa shape index (κ2) is 9.19. The summed E-state index contributed by atoms with van der Waals surface area (Å²) in [6.07, 6.45) is 7.43. The van der Waals surface area contributed by atoms with Crippen LogP contribution in [0.5, 0.6) is 0 Å². The van der Waals surface area contributed by atoms with Crippen LogP contribution in [0.15, 0.2) is 67.0 Å². The second-order valence-corrected chi connectivity index (χ2v) is 11.4. The van der Waals surface area contributed by atoms with E-state index in [-0.39, 0.29) is 34.9 Å². The highest BCUT2D eigenvalue weighted by atomic mass is 19.1. The van der Waals surface area contributed by atoms with E-state index in [1.807, 2.05) is 30.0 Å². The summed E-state index contributed by atoms with van der Waals surface area (Å²) in [6.45, 7) is 4.03. The lowest BCUT2D eigenvalue weighted by molar-refractivity contribution is -0.157. The van der Waals surface area contributed by atoms with Crippen molar-refractivity contribution in [3.63, 3.8) is 0 Å². The number of pyridine rings is 1. The van der Waals surface area contributed by atoms with E-state index in [1.54, 1.807) is 12.1 Å². The summed E-state index contributed by atoms with van der Waals surface area (Å²) < 4.78 is 16.8. The largest absolute Gasteiger partial charge is 0.481 e. The summed E-state index contributed by atoms with van der Waals surface area (Å²) in [5.74, 6) is -0.974. The molecule has 1 unspecified atom stereocenters. The minimum Gasteiger partial charge on any atom is -0.481 e. The van der Waals surface area contributed by atoms with Crippen molar-refractivity contribution in [2.45, 2.75) is 52.0 Å². The Kier molecular flexibility index (Phi) is 5.93. The number of fused-ring (bicyclic) bond motifs is 1. The van der Waals surface area contributed by atoms with Gasteiger partial charge in [0.25, 0.3) is 0 Å². The molecule has 194 valence electrons. The average molecular weight is 511 g/mol. The van der Waals surface area contributed by atoms with Gasteiger partial charge in [0.1, 0.15) is 5.82 Å².